The van der Waals surface area contributed by atoms with E-state index in [2.05, 4.69) is 16.8 Å². The molecule has 0 aliphatic rings. The highest BCUT2D eigenvalue weighted by Crippen LogP contribution is 2.11. The second-order valence-electron chi connectivity index (χ2n) is 5.11. The van der Waals surface area contributed by atoms with Gasteiger partial charge in [-0.15, -0.1) is 0 Å². The predicted molar refractivity (Wildman–Crippen MR) is 91.0 cm³/mol. The molecule has 0 radical (unpaired) electrons. The molecule has 23 heavy (non-hydrogen) atoms. The molecule has 0 amide bonds. The maximum absolute atomic E-state index is 12.2. The van der Waals surface area contributed by atoms with E-state index in [0.717, 1.165) is 5.56 Å². The number of pyridine rings is 1. The van der Waals surface area contributed by atoms with Crippen molar-refractivity contribution in [3.8, 4) is 17.5 Å². The van der Waals surface area contributed by atoms with Gasteiger partial charge in [-0.05, 0) is 43.2 Å². The van der Waals surface area contributed by atoms with E-state index in [4.69, 9.17) is 11.6 Å². The highest BCUT2D eigenvalue weighted by atomic mass is 35.5. The summed E-state index contributed by atoms with van der Waals surface area (Å²) in [6, 6.07) is 10.9. The predicted octanol–water partition coefficient (Wildman–Crippen LogP) is 2.93. The first kappa shape index (κ1) is 15.1. The molecule has 0 unspecified atom stereocenters. The van der Waals surface area contributed by atoms with Crippen LogP contribution in [0.4, 0.5) is 0 Å². The van der Waals surface area contributed by atoms with Crippen molar-refractivity contribution in [3.63, 3.8) is 0 Å². The summed E-state index contributed by atoms with van der Waals surface area (Å²) in [6.07, 6.45) is 3.49. The summed E-state index contributed by atoms with van der Waals surface area (Å²) < 4.78 is 3.29. The summed E-state index contributed by atoms with van der Waals surface area (Å²) in [7, 11) is 1.72. The van der Waals surface area contributed by atoms with Crippen molar-refractivity contribution in [3.05, 3.63) is 81.3 Å². The van der Waals surface area contributed by atoms with Crippen LogP contribution in [0.3, 0.4) is 0 Å². The number of nitrogens with zero attached hydrogens (tertiary/aromatic N) is 3. The van der Waals surface area contributed by atoms with Crippen molar-refractivity contribution in [1.29, 1.82) is 0 Å². The van der Waals surface area contributed by atoms with Crippen LogP contribution < -0.4 is 5.56 Å². The third kappa shape index (κ3) is 3.20. The largest absolute Gasteiger partial charge is 0.317 e. The van der Waals surface area contributed by atoms with Gasteiger partial charge in [-0.3, -0.25) is 9.36 Å². The fraction of sp³-hybridized carbons (Fsp3) is 0.111. The van der Waals surface area contributed by atoms with Crippen molar-refractivity contribution in [1.82, 2.24) is 14.1 Å². The van der Waals surface area contributed by atoms with Gasteiger partial charge in [0.1, 0.15) is 17.2 Å². The van der Waals surface area contributed by atoms with Gasteiger partial charge >= 0.3 is 0 Å². The maximum atomic E-state index is 12.2. The fourth-order valence-corrected chi connectivity index (χ4v) is 2.44. The van der Waals surface area contributed by atoms with E-state index >= 15 is 0 Å². The van der Waals surface area contributed by atoms with Gasteiger partial charge in [0.05, 0.1) is 0 Å². The van der Waals surface area contributed by atoms with Crippen LogP contribution in [0, 0.1) is 18.8 Å². The minimum Gasteiger partial charge on any atom is -0.317 e. The van der Waals surface area contributed by atoms with Crippen LogP contribution in [-0.4, -0.2) is 14.1 Å². The molecule has 4 nitrogen and oxygen atoms in total. The summed E-state index contributed by atoms with van der Waals surface area (Å²) in [5, 5.41) is 0.645. The van der Waals surface area contributed by atoms with Crippen LogP contribution in [0.5, 0.6) is 0 Å². The zero-order chi connectivity index (χ0) is 16.4. The van der Waals surface area contributed by atoms with Gasteiger partial charge in [0.2, 0.25) is 0 Å². The summed E-state index contributed by atoms with van der Waals surface area (Å²) >= 11 is 5.94. The minimum atomic E-state index is -0.0812. The highest BCUT2D eigenvalue weighted by Gasteiger charge is 2.08. The van der Waals surface area contributed by atoms with E-state index in [9.17, 15) is 4.79 Å². The van der Waals surface area contributed by atoms with Gasteiger partial charge in [-0.2, -0.15) is 0 Å². The van der Waals surface area contributed by atoms with E-state index in [0.29, 0.717) is 22.2 Å². The Hall–Kier alpha value is -2.77. The lowest BCUT2D eigenvalue weighted by molar-refractivity contribution is 0.829. The van der Waals surface area contributed by atoms with Crippen molar-refractivity contribution in [2.45, 2.75) is 6.92 Å². The SMILES string of the molecule is Cc1nc(C#Cc2cccc(Cl)c2)cn1-c1cccn(C)c1=O. The molecule has 3 aromatic rings. The molecule has 0 N–H and O–H groups in total. The number of hydrogen-bond donors (Lipinski definition) is 0. The number of rotatable bonds is 1. The second kappa shape index (κ2) is 6.15. The molecule has 1 aromatic carbocycles. The van der Waals surface area contributed by atoms with Crippen LogP contribution in [-0.2, 0) is 7.05 Å². The van der Waals surface area contributed by atoms with E-state index in [1.54, 1.807) is 42.2 Å². The van der Waals surface area contributed by atoms with Crippen molar-refractivity contribution in [2.75, 3.05) is 0 Å². The van der Waals surface area contributed by atoms with Gasteiger partial charge in [0.25, 0.3) is 5.56 Å². The quantitative estimate of drug-likeness (QED) is 0.646. The monoisotopic (exact) mass is 323 g/mol. The summed E-state index contributed by atoms with van der Waals surface area (Å²) in [4.78, 5) is 16.6. The van der Waals surface area contributed by atoms with Crippen molar-refractivity contribution in [2.24, 2.45) is 7.05 Å². The molecule has 0 fully saturated rings. The Kier molecular flexibility index (Phi) is 4.05. The first-order valence-corrected chi connectivity index (χ1v) is 7.42. The molecule has 114 valence electrons. The lowest BCUT2D eigenvalue weighted by atomic mass is 10.2. The number of hydrogen-bond acceptors (Lipinski definition) is 2. The Bertz CT molecular complexity index is 989. The average Bonchev–Trinajstić information content (AvgIpc) is 2.89. The Morgan fingerprint density at radius 2 is 2.00 bits per heavy atom. The summed E-state index contributed by atoms with van der Waals surface area (Å²) in [5.74, 6) is 6.74. The highest BCUT2D eigenvalue weighted by molar-refractivity contribution is 6.30. The van der Waals surface area contributed by atoms with E-state index in [1.165, 1.54) is 4.57 Å². The van der Waals surface area contributed by atoms with E-state index < -0.39 is 0 Å². The van der Waals surface area contributed by atoms with Crippen LogP contribution >= 0.6 is 11.6 Å². The number of imidazole rings is 1. The third-order valence-corrected chi connectivity index (χ3v) is 3.64. The molecule has 0 saturated carbocycles. The summed E-state index contributed by atoms with van der Waals surface area (Å²) in [6.45, 7) is 1.84. The van der Waals surface area contributed by atoms with Crippen LogP contribution in [0.25, 0.3) is 5.69 Å². The second-order valence-corrected chi connectivity index (χ2v) is 5.55. The molecule has 0 bridgehead atoms. The zero-order valence-electron chi connectivity index (χ0n) is 12.7. The Labute approximate surface area is 139 Å². The minimum absolute atomic E-state index is 0.0812. The molecule has 0 spiro atoms. The lowest BCUT2D eigenvalue weighted by Gasteiger charge is -2.05. The molecule has 0 saturated heterocycles. The molecule has 0 atom stereocenters. The standard InChI is InChI=1S/C18H14ClN3O/c1-13-20-16(9-8-14-5-3-6-15(19)11-14)12-22(13)17-7-4-10-21(2)18(17)23/h3-7,10-12H,1-2H3. The molecule has 2 heterocycles. The lowest BCUT2D eigenvalue weighted by Crippen LogP contribution is -2.21. The normalized spacial score (nSPS) is 10.2. The molecule has 0 aliphatic carbocycles. The number of aromatic nitrogens is 3. The van der Waals surface area contributed by atoms with Gasteiger partial charge in [-0.1, -0.05) is 23.6 Å². The van der Waals surface area contributed by atoms with Gasteiger partial charge in [-0.25, -0.2) is 4.98 Å². The van der Waals surface area contributed by atoms with Crippen molar-refractivity contribution < 1.29 is 0 Å². The Morgan fingerprint density at radius 3 is 2.78 bits per heavy atom. The third-order valence-electron chi connectivity index (χ3n) is 3.40. The van der Waals surface area contributed by atoms with Crippen LogP contribution in [0.15, 0.2) is 53.6 Å². The molecule has 0 aliphatic heterocycles. The molecular weight excluding hydrogens is 310 g/mol. The Morgan fingerprint density at radius 1 is 1.17 bits per heavy atom. The number of benzene rings is 1. The first-order valence-electron chi connectivity index (χ1n) is 7.04. The fourth-order valence-electron chi connectivity index (χ4n) is 2.25. The average molecular weight is 324 g/mol. The summed E-state index contributed by atoms with van der Waals surface area (Å²) in [5.41, 5.74) is 1.90. The number of halogens is 1. The van der Waals surface area contributed by atoms with Crippen molar-refractivity contribution >= 4 is 11.6 Å². The van der Waals surface area contributed by atoms with Gasteiger partial charge in [0.15, 0.2) is 0 Å². The van der Waals surface area contributed by atoms with Crippen LogP contribution in [0.2, 0.25) is 5.02 Å². The first-order chi connectivity index (χ1) is 11.0. The van der Waals surface area contributed by atoms with Crippen LogP contribution in [0.1, 0.15) is 17.1 Å². The van der Waals surface area contributed by atoms with E-state index in [1.807, 2.05) is 25.1 Å². The van der Waals surface area contributed by atoms with Gasteiger partial charge < -0.3 is 4.57 Å². The van der Waals surface area contributed by atoms with E-state index in [-0.39, 0.29) is 5.56 Å². The number of aryl methyl sites for hydroxylation is 2. The molecule has 5 heteroatoms. The smallest absolute Gasteiger partial charge is 0.274 e. The molecule has 3 rings (SSSR count). The topological polar surface area (TPSA) is 39.8 Å². The molecule has 2 aromatic heterocycles. The molecular formula is C18H14ClN3O. The maximum Gasteiger partial charge on any atom is 0.274 e. The van der Waals surface area contributed by atoms with Gasteiger partial charge in [0, 0.05) is 30.0 Å². The Balaban J connectivity index is 1.99. The zero-order valence-corrected chi connectivity index (χ0v) is 13.5.